The third kappa shape index (κ3) is 6.09. The molecule has 1 heterocycles. The van der Waals surface area contributed by atoms with Crippen molar-refractivity contribution in [2.45, 2.75) is 63.2 Å². The molecule has 1 fully saturated rings. The van der Waals surface area contributed by atoms with Crippen LogP contribution < -0.4 is 4.72 Å². The zero-order valence-electron chi connectivity index (χ0n) is 14.7. The lowest BCUT2D eigenvalue weighted by Crippen LogP contribution is -2.33. The number of carbonyl (C=O) groups is 1. The van der Waals surface area contributed by atoms with E-state index in [1.807, 2.05) is 38.1 Å². The minimum atomic E-state index is -1.32. The van der Waals surface area contributed by atoms with Crippen LogP contribution in [0.2, 0.25) is 0 Å². The summed E-state index contributed by atoms with van der Waals surface area (Å²) in [6, 6.07) is 7.46. The van der Waals surface area contributed by atoms with Crippen molar-refractivity contribution < 1.29 is 18.5 Å². The average molecular weight is 353 g/mol. The van der Waals surface area contributed by atoms with Gasteiger partial charge in [-0.3, -0.25) is 4.79 Å². The third-order valence-electron chi connectivity index (χ3n) is 4.12. The minimum absolute atomic E-state index is 0.0907. The number of benzene rings is 1. The first-order valence-corrected chi connectivity index (χ1v) is 9.55. The van der Waals surface area contributed by atoms with Gasteiger partial charge in [-0.05, 0) is 45.7 Å². The lowest BCUT2D eigenvalue weighted by Gasteiger charge is -2.23. The van der Waals surface area contributed by atoms with E-state index in [9.17, 15) is 9.00 Å². The second kappa shape index (κ2) is 8.85. The minimum Gasteiger partial charge on any atom is -0.348 e. The van der Waals surface area contributed by atoms with Crippen LogP contribution in [-0.2, 0) is 25.3 Å². The van der Waals surface area contributed by atoms with Gasteiger partial charge in [-0.15, -0.1) is 0 Å². The van der Waals surface area contributed by atoms with Gasteiger partial charge < -0.3 is 9.47 Å². The molecule has 1 N–H and O–H groups in total. The fourth-order valence-electron chi connectivity index (χ4n) is 2.80. The standard InChI is InChI=1S/C18H27NO4S/c1-14-6-8-17(9-7-14)24(21)19-16(13-15(2)20)5-4-10-18(3)22-11-12-23-18/h6-9,16,19H,4-5,10-13H2,1-3H3/t16-,24-/m1/s1. The summed E-state index contributed by atoms with van der Waals surface area (Å²) < 4.78 is 26.8. The lowest BCUT2D eigenvalue weighted by molar-refractivity contribution is -0.147. The highest BCUT2D eigenvalue weighted by Crippen LogP contribution is 2.25. The van der Waals surface area contributed by atoms with E-state index in [1.165, 1.54) is 0 Å². The molecular weight excluding hydrogens is 326 g/mol. The number of rotatable bonds is 9. The van der Waals surface area contributed by atoms with E-state index < -0.39 is 16.8 Å². The maximum Gasteiger partial charge on any atom is 0.165 e. The summed E-state index contributed by atoms with van der Waals surface area (Å²) in [7, 11) is -1.32. The Morgan fingerprint density at radius 2 is 1.92 bits per heavy atom. The molecule has 1 aromatic rings. The first-order chi connectivity index (χ1) is 11.4. The number of carbonyl (C=O) groups excluding carboxylic acids is 1. The van der Waals surface area contributed by atoms with Gasteiger partial charge in [-0.2, -0.15) is 0 Å². The van der Waals surface area contributed by atoms with Crippen LogP contribution in [0.5, 0.6) is 0 Å². The molecule has 0 aliphatic carbocycles. The molecule has 1 saturated heterocycles. The third-order valence-corrected chi connectivity index (χ3v) is 5.37. The lowest BCUT2D eigenvalue weighted by atomic mass is 10.0. The summed E-state index contributed by atoms with van der Waals surface area (Å²) in [6.45, 7) is 6.75. The Morgan fingerprint density at radius 1 is 1.29 bits per heavy atom. The van der Waals surface area contributed by atoms with Crippen LogP contribution in [-0.4, -0.2) is 35.0 Å². The van der Waals surface area contributed by atoms with Gasteiger partial charge >= 0.3 is 0 Å². The van der Waals surface area contributed by atoms with Crippen molar-refractivity contribution in [3.63, 3.8) is 0 Å². The normalized spacial score (nSPS) is 19.1. The highest BCUT2D eigenvalue weighted by atomic mass is 32.2. The Kier molecular flexibility index (Phi) is 7.10. The van der Waals surface area contributed by atoms with Crippen LogP contribution in [0.1, 0.15) is 45.1 Å². The van der Waals surface area contributed by atoms with Crippen LogP contribution in [0.15, 0.2) is 29.2 Å². The maximum absolute atomic E-state index is 12.5. The number of ether oxygens (including phenoxy) is 2. The highest BCUT2D eigenvalue weighted by molar-refractivity contribution is 7.83. The van der Waals surface area contributed by atoms with Crippen LogP contribution in [0.25, 0.3) is 0 Å². The number of ketones is 1. The number of aryl methyl sites for hydroxylation is 1. The van der Waals surface area contributed by atoms with Crippen molar-refractivity contribution in [2.75, 3.05) is 13.2 Å². The van der Waals surface area contributed by atoms with Crippen molar-refractivity contribution in [3.05, 3.63) is 29.8 Å². The van der Waals surface area contributed by atoms with E-state index in [2.05, 4.69) is 4.72 Å². The van der Waals surface area contributed by atoms with E-state index in [4.69, 9.17) is 9.47 Å². The summed E-state index contributed by atoms with van der Waals surface area (Å²) in [5.41, 5.74) is 1.13. The molecule has 1 aromatic carbocycles. The molecule has 0 bridgehead atoms. The summed E-state index contributed by atoms with van der Waals surface area (Å²) in [6.07, 6.45) is 2.72. The maximum atomic E-state index is 12.5. The summed E-state index contributed by atoms with van der Waals surface area (Å²) in [5, 5.41) is 0. The molecule has 134 valence electrons. The summed E-state index contributed by atoms with van der Waals surface area (Å²) in [4.78, 5) is 12.2. The molecule has 5 nitrogen and oxygen atoms in total. The van der Waals surface area contributed by atoms with Gasteiger partial charge in [0, 0.05) is 18.9 Å². The Balaban J connectivity index is 1.88. The first kappa shape index (κ1) is 19.2. The van der Waals surface area contributed by atoms with Crippen molar-refractivity contribution in [3.8, 4) is 0 Å². The van der Waals surface area contributed by atoms with Crippen LogP contribution in [0, 0.1) is 6.92 Å². The molecule has 0 spiro atoms. The van der Waals surface area contributed by atoms with Gasteiger partial charge in [-0.25, -0.2) is 8.93 Å². The van der Waals surface area contributed by atoms with Crippen LogP contribution in [0.3, 0.4) is 0 Å². The molecule has 0 saturated carbocycles. The zero-order chi connectivity index (χ0) is 17.6. The number of nitrogens with one attached hydrogen (secondary N) is 1. The molecule has 1 aliphatic heterocycles. The van der Waals surface area contributed by atoms with E-state index >= 15 is 0 Å². The van der Waals surface area contributed by atoms with E-state index in [-0.39, 0.29) is 11.8 Å². The second-order valence-electron chi connectivity index (χ2n) is 6.53. The predicted octanol–water partition coefficient (Wildman–Crippen LogP) is 2.89. The molecule has 0 unspecified atom stereocenters. The van der Waals surface area contributed by atoms with Crippen molar-refractivity contribution in [1.82, 2.24) is 4.72 Å². The molecule has 1 aliphatic rings. The largest absolute Gasteiger partial charge is 0.348 e. The Bertz CT molecular complexity index is 567. The topological polar surface area (TPSA) is 64.6 Å². The number of hydrogen-bond donors (Lipinski definition) is 1. The highest BCUT2D eigenvalue weighted by Gasteiger charge is 2.30. The second-order valence-corrected chi connectivity index (χ2v) is 7.77. The predicted molar refractivity (Wildman–Crippen MR) is 94.0 cm³/mol. The monoisotopic (exact) mass is 353 g/mol. The molecule has 0 radical (unpaired) electrons. The first-order valence-electron chi connectivity index (χ1n) is 8.40. The SMILES string of the molecule is CC(=O)C[C@@H](CCCC1(C)OCCO1)N[S@](=O)c1ccc(C)cc1. The fourth-order valence-corrected chi connectivity index (χ4v) is 3.82. The molecular formula is C18H27NO4S. The fraction of sp³-hybridized carbons (Fsp3) is 0.611. The van der Waals surface area contributed by atoms with Crippen molar-refractivity contribution in [1.29, 1.82) is 0 Å². The van der Waals surface area contributed by atoms with E-state index in [1.54, 1.807) is 6.92 Å². The Hall–Kier alpha value is -1.08. The van der Waals surface area contributed by atoms with Crippen LogP contribution >= 0.6 is 0 Å². The van der Waals surface area contributed by atoms with Gasteiger partial charge in [0.05, 0.1) is 18.1 Å². The van der Waals surface area contributed by atoms with Gasteiger partial charge in [-0.1, -0.05) is 17.7 Å². The molecule has 24 heavy (non-hydrogen) atoms. The number of Topliss-reactive ketones (excluding diaryl/α,β-unsaturated/α-hetero) is 1. The molecule has 0 amide bonds. The van der Waals surface area contributed by atoms with Gasteiger partial charge in [0.1, 0.15) is 16.8 Å². The van der Waals surface area contributed by atoms with Crippen molar-refractivity contribution in [2.24, 2.45) is 0 Å². The van der Waals surface area contributed by atoms with Gasteiger partial charge in [0.2, 0.25) is 0 Å². The molecule has 2 rings (SSSR count). The Labute approximate surface area is 146 Å². The Morgan fingerprint density at radius 3 is 2.50 bits per heavy atom. The van der Waals surface area contributed by atoms with Gasteiger partial charge in [0.15, 0.2) is 5.79 Å². The van der Waals surface area contributed by atoms with E-state index in [0.29, 0.717) is 19.6 Å². The van der Waals surface area contributed by atoms with E-state index in [0.717, 1.165) is 29.7 Å². The van der Waals surface area contributed by atoms with Gasteiger partial charge in [0.25, 0.3) is 0 Å². The average Bonchev–Trinajstić information content (AvgIpc) is 2.94. The summed E-state index contributed by atoms with van der Waals surface area (Å²) >= 11 is 0. The molecule has 6 heteroatoms. The smallest absolute Gasteiger partial charge is 0.165 e. The number of hydrogen-bond acceptors (Lipinski definition) is 4. The zero-order valence-corrected chi connectivity index (χ0v) is 15.5. The quantitative estimate of drug-likeness (QED) is 0.741. The molecule has 2 atom stereocenters. The molecule has 0 aromatic heterocycles. The van der Waals surface area contributed by atoms with Crippen molar-refractivity contribution >= 4 is 16.8 Å². The summed E-state index contributed by atoms with van der Waals surface area (Å²) in [5.74, 6) is -0.426. The van der Waals surface area contributed by atoms with Crippen LogP contribution in [0.4, 0.5) is 0 Å².